The molecule has 0 N–H and O–H groups in total. The molecule has 0 spiro atoms. The summed E-state index contributed by atoms with van der Waals surface area (Å²) in [5.41, 5.74) is 2.59. The van der Waals surface area contributed by atoms with Crippen LogP contribution >= 0.6 is 0 Å². The molecule has 3 aromatic rings. The van der Waals surface area contributed by atoms with Crippen LogP contribution in [0.1, 0.15) is 16.9 Å². The van der Waals surface area contributed by atoms with E-state index in [-0.39, 0.29) is 5.91 Å². The Labute approximate surface area is 159 Å². The van der Waals surface area contributed by atoms with Crippen molar-refractivity contribution in [2.24, 2.45) is 0 Å². The van der Waals surface area contributed by atoms with Crippen molar-refractivity contribution in [1.82, 2.24) is 10.1 Å². The summed E-state index contributed by atoms with van der Waals surface area (Å²) in [6.07, 6.45) is 0.501. The molecule has 0 radical (unpaired) electrons. The predicted molar refractivity (Wildman–Crippen MR) is 95.5 cm³/mol. The first-order valence-electron chi connectivity index (χ1n) is 9.06. The monoisotopic (exact) mass is 382 g/mol. The van der Waals surface area contributed by atoms with Crippen LogP contribution in [0.2, 0.25) is 0 Å². The van der Waals surface area contributed by atoms with Crippen LogP contribution in [-0.2, 0) is 24.2 Å². The highest BCUT2D eigenvalue weighted by Gasteiger charge is 2.35. The zero-order chi connectivity index (χ0) is 19.3. The van der Waals surface area contributed by atoms with Crippen molar-refractivity contribution in [1.29, 1.82) is 0 Å². The second-order valence-corrected chi connectivity index (χ2v) is 6.99. The van der Waals surface area contributed by atoms with Crippen LogP contribution in [0, 0.1) is 11.6 Å². The molecule has 1 aromatic heterocycles. The van der Waals surface area contributed by atoms with Gasteiger partial charge in [-0.1, -0.05) is 23.4 Å². The van der Waals surface area contributed by atoms with Crippen LogP contribution in [0.3, 0.4) is 0 Å². The second kappa shape index (κ2) is 6.44. The smallest absolute Gasteiger partial charge is 0.264 e. The molecule has 28 heavy (non-hydrogen) atoms. The van der Waals surface area contributed by atoms with E-state index in [9.17, 15) is 13.6 Å². The summed E-state index contributed by atoms with van der Waals surface area (Å²) in [6, 6.07) is 11.2. The van der Waals surface area contributed by atoms with E-state index in [4.69, 9.17) is 9.26 Å². The lowest BCUT2D eigenvalue weighted by Gasteiger charge is -2.28. The van der Waals surface area contributed by atoms with Gasteiger partial charge >= 0.3 is 0 Å². The second-order valence-electron chi connectivity index (χ2n) is 6.99. The molecule has 0 saturated carbocycles. The average Bonchev–Trinajstić information content (AvgIpc) is 3.33. The molecule has 2 aromatic carbocycles. The van der Waals surface area contributed by atoms with E-state index >= 15 is 0 Å². The predicted octanol–water partition coefficient (Wildman–Crippen LogP) is 3.51. The van der Waals surface area contributed by atoms with E-state index in [1.807, 2.05) is 24.3 Å². The maximum absolute atomic E-state index is 13.6. The number of ether oxygens (including phenoxy) is 1. The summed E-state index contributed by atoms with van der Waals surface area (Å²) >= 11 is 0. The van der Waals surface area contributed by atoms with Gasteiger partial charge in [0, 0.05) is 30.5 Å². The van der Waals surface area contributed by atoms with Crippen molar-refractivity contribution in [3.05, 3.63) is 71.0 Å². The molecule has 0 saturated heterocycles. The Kier molecular flexibility index (Phi) is 3.89. The fourth-order valence-corrected chi connectivity index (χ4v) is 3.79. The Morgan fingerprint density at radius 1 is 1.14 bits per heavy atom. The first kappa shape index (κ1) is 16.9. The van der Waals surface area contributed by atoms with Gasteiger partial charge in [0.05, 0.1) is 6.54 Å². The lowest BCUT2D eigenvalue weighted by molar-refractivity contribution is -0.138. The number of hydrogen-bond donors (Lipinski definition) is 0. The van der Waals surface area contributed by atoms with Gasteiger partial charge in [0.15, 0.2) is 17.7 Å². The largest absolute Gasteiger partial charge is 0.480 e. The molecule has 0 bridgehead atoms. The minimum atomic E-state index is -0.949. The molecule has 0 aliphatic carbocycles. The Morgan fingerprint density at radius 2 is 2.00 bits per heavy atom. The highest BCUT2D eigenvalue weighted by Crippen LogP contribution is 2.33. The number of amides is 1. The van der Waals surface area contributed by atoms with Crippen molar-refractivity contribution in [3.8, 4) is 17.0 Å². The SMILES string of the molecule is O=C([C@@H]1Cc2ccccc2O1)N1CCc2onc(-c3ccc(F)c(F)c3)c2C1. The fourth-order valence-electron chi connectivity index (χ4n) is 3.79. The lowest BCUT2D eigenvalue weighted by atomic mass is 10.0. The lowest BCUT2D eigenvalue weighted by Crippen LogP contribution is -2.43. The normalized spacial score (nSPS) is 17.8. The van der Waals surface area contributed by atoms with Gasteiger partial charge in [0.25, 0.3) is 5.91 Å². The number of rotatable bonds is 2. The number of halogens is 2. The number of benzene rings is 2. The summed E-state index contributed by atoms with van der Waals surface area (Å²) in [4.78, 5) is 14.7. The Hall–Kier alpha value is -3.22. The van der Waals surface area contributed by atoms with E-state index in [1.54, 1.807) is 4.90 Å². The third-order valence-corrected chi connectivity index (χ3v) is 5.25. The summed E-state index contributed by atoms with van der Waals surface area (Å²) in [5.74, 6) is -0.560. The van der Waals surface area contributed by atoms with E-state index in [0.717, 1.165) is 29.0 Å². The van der Waals surface area contributed by atoms with Gasteiger partial charge in [-0.05, 0) is 29.8 Å². The minimum Gasteiger partial charge on any atom is -0.480 e. The van der Waals surface area contributed by atoms with Crippen molar-refractivity contribution >= 4 is 5.91 Å². The summed E-state index contributed by atoms with van der Waals surface area (Å²) < 4.78 is 38.1. The van der Waals surface area contributed by atoms with Crippen molar-refractivity contribution in [3.63, 3.8) is 0 Å². The average molecular weight is 382 g/mol. The molecular weight excluding hydrogens is 366 g/mol. The molecule has 2 aliphatic heterocycles. The number of nitrogens with zero attached hydrogens (tertiary/aromatic N) is 2. The summed E-state index contributed by atoms with van der Waals surface area (Å²) in [5, 5.41) is 4.03. The van der Waals surface area contributed by atoms with Crippen LogP contribution in [0.5, 0.6) is 5.75 Å². The Bertz CT molecular complexity index is 1050. The topological polar surface area (TPSA) is 55.6 Å². The van der Waals surface area contributed by atoms with Crippen LogP contribution in [0.25, 0.3) is 11.3 Å². The maximum atomic E-state index is 13.6. The van der Waals surface area contributed by atoms with Gasteiger partial charge in [0.1, 0.15) is 17.2 Å². The quantitative estimate of drug-likeness (QED) is 0.681. The van der Waals surface area contributed by atoms with Crippen LogP contribution in [0.15, 0.2) is 47.0 Å². The number of para-hydroxylation sites is 1. The van der Waals surface area contributed by atoms with Crippen LogP contribution in [-0.4, -0.2) is 28.6 Å². The molecule has 3 heterocycles. The third-order valence-electron chi connectivity index (χ3n) is 5.25. The van der Waals surface area contributed by atoms with Gasteiger partial charge in [-0.15, -0.1) is 0 Å². The van der Waals surface area contributed by atoms with Gasteiger partial charge in [-0.3, -0.25) is 4.79 Å². The molecule has 142 valence electrons. The van der Waals surface area contributed by atoms with Crippen molar-refractivity contribution in [2.45, 2.75) is 25.5 Å². The number of hydrogen-bond acceptors (Lipinski definition) is 4. The standard InChI is InChI=1S/C21H16F2N2O3/c22-15-6-5-13(9-16(15)23)20-14-11-25(8-7-18(14)28-24-20)21(26)19-10-12-3-1-2-4-17(12)27-19/h1-6,9,19H,7-8,10-11H2/t19-/m0/s1. The molecular formula is C21H16F2N2O3. The highest BCUT2D eigenvalue weighted by molar-refractivity contribution is 5.83. The van der Waals surface area contributed by atoms with Crippen molar-refractivity contribution < 1.29 is 22.8 Å². The van der Waals surface area contributed by atoms with Crippen LogP contribution < -0.4 is 4.74 Å². The van der Waals surface area contributed by atoms with E-state index in [2.05, 4.69) is 5.16 Å². The zero-order valence-corrected chi connectivity index (χ0v) is 14.8. The zero-order valence-electron chi connectivity index (χ0n) is 14.8. The molecule has 7 heteroatoms. The first-order valence-corrected chi connectivity index (χ1v) is 9.06. The fraction of sp³-hybridized carbons (Fsp3) is 0.238. The summed E-state index contributed by atoms with van der Waals surface area (Å²) in [7, 11) is 0. The number of fused-ring (bicyclic) bond motifs is 2. The summed E-state index contributed by atoms with van der Waals surface area (Å²) in [6.45, 7) is 0.788. The van der Waals surface area contributed by atoms with Gasteiger partial charge in [0.2, 0.25) is 0 Å². The molecule has 1 atom stereocenters. The molecule has 0 unspecified atom stereocenters. The Morgan fingerprint density at radius 3 is 2.82 bits per heavy atom. The third kappa shape index (κ3) is 2.74. The van der Waals surface area contributed by atoms with Gasteiger partial charge in [-0.2, -0.15) is 0 Å². The maximum Gasteiger partial charge on any atom is 0.264 e. The number of carbonyl (C=O) groups excluding carboxylic acids is 1. The van der Waals surface area contributed by atoms with Gasteiger partial charge < -0.3 is 14.2 Å². The number of carbonyl (C=O) groups is 1. The molecule has 5 nitrogen and oxygen atoms in total. The first-order chi connectivity index (χ1) is 13.6. The Balaban J connectivity index is 1.39. The van der Waals surface area contributed by atoms with Crippen molar-refractivity contribution in [2.75, 3.05) is 6.54 Å². The highest BCUT2D eigenvalue weighted by atomic mass is 19.2. The minimum absolute atomic E-state index is 0.0979. The van der Waals surface area contributed by atoms with E-state index in [0.29, 0.717) is 42.9 Å². The van der Waals surface area contributed by atoms with E-state index < -0.39 is 17.7 Å². The molecule has 1 amide bonds. The van der Waals surface area contributed by atoms with Crippen LogP contribution in [0.4, 0.5) is 8.78 Å². The molecule has 2 aliphatic rings. The number of aromatic nitrogens is 1. The van der Waals surface area contributed by atoms with Gasteiger partial charge in [-0.25, -0.2) is 8.78 Å². The molecule has 5 rings (SSSR count). The van der Waals surface area contributed by atoms with E-state index in [1.165, 1.54) is 6.07 Å². The molecule has 0 fully saturated rings.